The van der Waals surface area contributed by atoms with Crippen molar-refractivity contribution in [3.8, 4) is 28.1 Å². The quantitative estimate of drug-likeness (QED) is 0.672. The Balaban J connectivity index is 1.35. The Kier molecular flexibility index (Phi) is 5.09. The first-order valence-corrected chi connectivity index (χ1v) is 10.8. The minimum atomic E-state index is -0.924. The van der Waals surface area contributed by atoms with Gasteiger partial charge in [-0.3, -0.25) is 4.68 Å². The number of hydrogen-bond acceptors (Lipinski definition) is 6. The molecule has 0 radical (unpaired) electrons. The summed E-state index contributed by atoms with van der Waals surface area (Å²) in [7, 11) is 3.75. The maximum Gasteiger partial charge on any atom is 0.151 e. The second-order valence-electron chi connectivity index (χ2n) is 8.67. The first kappa shape index (κ1) is 19.9. The molecule has 4 atom stereocenters. The Morgan fingerprint density at radius 2 is 2.03 bits per heavy atom. The Morgan fingerprint density at radius 3 is 2.74 bits per heavy atom. The van der Waals surface area contributed by atoms with Gasteiger partial charge in [-0.1, -0.05) is 12.5 Å². The Labute approximate surface area is 180 Å². The van der Waals surface area contributed by atoms with Gasteiger partial charge in [-0.15, -0.1) is 10.2 Å². The average molecular weight is 423 g/mol. The monoisotopic (exact) mass is 422 g/mol. The van der Waals surface area contributed by atoms with Crippen molar-refractivity contribution in [1.82, 2.24) is 25.3 Å². The van der Waals surface area contributed by atoms with Crippen LogP contribution in [0.15, 0.2) is 42.7 Å². The van der Waals surface area contributed by atoms with E-state index in [9.17, 15) is 5.11 Å². The van der Waals surface area contributed by atoms with Gasteiger partial charge in [0.2, 0.25) is 0 Å². The first-order valence-electron chi connectivity index (χ1n) is 10.8. The van der Waals surface area contributed by atoms with Crippen LogP contribution in [-0.4, -0.2) is 56.4 Å². The smallest absolute Gasteiger partial charge is 0.151 e. The lowest BCUT2D eigenvalue weighted by Crippen LogP contribution is -2.61. The highest BCUT2D eigenvalue weighted by molar-refractivity contribution is 5.73. The summed E-state index contributed by atoms with van der Waals surface area (Å²) in [6.45, 7) is 0. The van der Waals surface area contributed by atoms with Crippen LogP contribution in [0.1, 0.15) is 25.7 Å². The molecule has 2 fully saturated rings. The van der Waals surface area contributed by atoms with E-state index in [1.54, 1.807) is 16.9 Å². The van der Waals surface area contributed by atoms with E-state index in [2.05, 4.69) is 20.6 Å². The predicted octanol–water partition coefficient (Wildman–Crippen LogP) is 3.31. The molecule has 2 aromatic heterocycles. The number of anilines is 1. The van der Waals surface area contributed by atoms with Gasteiger partial charge in [0.15, 0.2) is 5.82 Å². The third-order valence-electron chi connectivity index (χ3n) is 6.62. The number of hydrogen-bond donors (Lipinski definition) is 2. The Morgan fingerprint density at radius 1 is 1.16 bits per heavy atom. The van der Waals surface area contributed by atoms with Gasteiger partial charge in [0.05, 0.1) is 17.9 Å². The maximum atomic E-state index is 15.0. The molecule has 2 bridgehead atoms. The molecule has 0 spiro atoms. The van der Waals surface area contributed by atoms with Crippen molar-refractivity contribution in [3.63, 3.8) is 0 Å². The number of alkyl halides is 1. The van der Waals surface area contributed by atoms with Gasteiger partial charge in [0.25, 0.3) is 0 Å². The van der Waals surface area contributed by atoms with Crippen LogP contribution in [0.4, 0.5) is 10.2 Å². The van der Waals surface area contributed by atoms with E-state index in [-0.39, 0.29) is 17.8 Å². The van der Waals surface area contributed by atoms with E-state index < -0.39 is 6.17 Å². The number of fused-ring (bicyclic) bond motifs is 2. The lowest BCUT2D eigenvalue weighted by molar-refractivity contribution is 0.107. The van der Waals surface area contributed by atoms with Crippen LogP contribution < -0.4 is 10.2 Å². The second-order valence-corrected chi connectivity index (χ2v) is 8.67. The number of aromatic hydroxyl groups is 1. The van der Waals surface area contributed by atoms with Crippen LogP contribution in [-0.2, 0) is 7.05 Å². The fraction of sp³-hybridized carbons (Fsp3) is 0.435. The van der Waals surface area contributed by atoms with Crippen LogP contribution in [0.25, 0.3) is 22.4 Å². The molecule has 1 aromatic carbocycles. The van der Waals surface area contributed by atoms with E-state index in [0.717, 1.165) is 36.8 Å². The normalized spacial score (nSPS) is 25.4. The molecule has 4 heterocycles. The summed E-state index contributed by atoms with van der Waals surface area (Å²) in [6.07, 6.45) is 6.59. The van der Waals surface area contributed by atoms with Crippen LogP contribution in [0, 0.1) is 0 Å². The van der Waals surface area contributed by atoms with Gasteiger partial charge < -0.3 is 15.3 Å². The molecule has 2 saturated heterocycles. The molecule has 2 aliphatic heterocycles. The zero-order valence-corrected chi connectivity index (χ0v) is 17.7. The van der Waals surface area contributed by atoms with Gasteiger partial charge in [0.1, 0.15) is 11.9 Å². The molecule has 0 amide bonds. The van der Waals surface area contributed by atoms with Gasteiger partial charge >= 0.3 is 0 Å². The van der Waals surface area contributed by atoms with E-state index in [4.69, 9.17) is 0 Å². The molecule has 0 saturated carbocycles. The van der Waals surface area contributed by atoms with Crippen molar-refractivity contribution in [2.45, 2.75) is 50.0 Å². The summed E-state index contributed by atoms with van der Waals surface area (Å²) in [5, 5.41) is 26.8. The molecule has 5 rings (SSSR count). The highest BCUT2D eigenvalue weighted by Crippen LogP contribution is 2.34. The zero-order chi connectivity index (χ0) is 21.5. The third-order valence-corrected chi connectivity index (χ3v) is 6.62. The zero-order valence-electron chi connectivity index (χ0n) is 17.7. The van der Waals surface area contributed by atoms with E-state index in [1.807, 2.05) is 49.5 Å². The highest BCUT2D eigenvalue weighted by Gasteiger charge is 2.41. The summed E-state index contributed by atoms with van der Waals surface area (Å²) < 4.78 is 16.8. The largest absolute Gasteiger partial charge is 0.507 e. The SMILES string of the molecule is CN(c1ccc(-c2ccc(-c3cnn(C)c3)cc2O)nn1)[C@H]1CC2CCCC(N2)[C@@H]1F. The molecule has 2 N–H and O–H groups in total. The molecule has 8 heteroatoms. The van der Waals surface area contributed by atoms with Crippen LogP contribution >= 0.6 is 0 Å². The van der Waals surface area contributed by atoms with Crippen LogP contribution in [0.5, 0.6) is 5.75 Å². The van der Waals surface area contributed by atoms with Crippen LogP contribution in [0.3, 0.4) is 0 Å². The summed E-state index contributed by atoms with van der Waals surface area (Å²) in [5.41, 5.74) is 2.99. The number of benzene rings is 1. The summed E-state index contributed by atoms with van der Waals surface area (Å²) in [4.78, 5) is 1.92. The summed E-state index contributed by atoms with van der Waals surface area (Å²) in [5.74, 6) is 0.773. The number of halogens is 1. The molecule has 3 aromatic rings. The van der Waals surface area contributed by atoms with Gasteiger partial charge in [0, 0.05) is 43.5 Å². The topological polar surface area (TPSA) is 79.1 Å². The first-order chi connectivity index (χ1) is 15.0. The minimum absolute atomic E-state index is 0.0672. The van der Waals surface area contributed by atoms with Gasteiger partial charge in [-0.2, -0.15) is 5.10 Å². The molecule has 2 unspecified atom stereocenters. The van der Waals surface area contributed by atoms with E-state index >= 15 is 4.39 Å². The lowest BCUT2D eigenvalue weighted by Gasteiger charge is -2.46. The van der Waals surface area contributed by atoms with Gasteiger partial charge in [-0.25, -0.2) is 4.39 Å². The Hall–Kier alpha value is -3.00. The van der Waals surface area contributed by atoms with Crippen molar-refractivity contribution in [1.29, 1.82) is 0 Å². The molecule has 2 aliphatic rings. The minimum Gasteiger partial charge on any atom is -0.507 e. The third kappa shape index (κ3) is 3.76. The molecule has 31 heavy (non-hydrogen) atoms. The molecular formula is C23H27FN6O. The highest BCUT2D eigenvalue weighted by atomic mass is 19.1. The number of rotatable bonds is 4. The number of phenolic OH excluding ortho intramolecular Hbond substituents is 1. The number of nitrogens with zero attached hydrogens (tertiary/aromatic N) is 5. The standard InChI is InChI=1S/C23H27FN6O/c1-29-13-15(12-25-29)14-6-7-17(21(31)10-14)18-8-9-22(28-27-18)30(2)20-11-16-4-3-5-19(26-16)23(20)24/h6-10,12-13,16,19-20,23,26,31H,3-5,11H2,1-2H3/t16?,19?,20-,23-/m0/s1. The molecule has 0 aliphatic carbocycles. The summed E-state index contributed by atoms with van der Waals surface area (Å²) in [6, 6.07) is 9.24. The molecular weight excluding hydrogens is 395 g/mol. The average Bonchev–Trinajstić information content (AvgIpc) is 3.22. The predicted molar refractivity (Wildman–Crippen MR) is 118 cm³/mol. The molecule has 7 nitrogen and oxygen atoms in total. The maximum absolute atomic E-state index is 15.0. The van der Waals surface area contributed by atoms with E-state index in [0.29, 0.717) is 23.1 Å². The van der Waals surface area contributed by atoms with Crippen molar-refractivity contribution >= 4 is 5.82 Å². The van der Waals surface area contributed by atoms with Crippen LogP contribution in [0.2, 0.25) is 0 Å². The molecule has 162 valence electrons. The number of piperidine rings is 2. The number of phenols is 1. The summed E-state index contributed by atoms with van der Waals surface area (Å²) >= 11 is 0. The fourth-order valence-corrected chi connectivity index (χ4v) is 4.88. The number of aryl methyl sites for hydroxylation is 1. The van der Waals surface area contributed by atoms with E-state index in [1.165, 1.54) is 0 Å². The van der Waals surface area contributed by atoms with Crippen molar-refractivity contribution in [2.75, 3.05) is 11.9 Å². The van der Waals surface area contributed by atoms with Crippen molar-refractivity contribution < 1.29 is 9.50 Å². The van der Waals surface area contributed by atoms with Crippen molar-refractivity contribution in [3.05, 3.63) is 42.7 Å². The number of aromatic nitrogens is 4. The van der Waals surface area contributed by atoms with Crippen molar-refractivity contribution in [2.24, 2.45) is 7.05 Å². The fourth-order valence-electron chi connectivity index (χ4n) is 4.88. The lowest BCUT2D eigenvalue weighted by atomic mass is 9.82. The van der Waals surface area contributed by atoms with Gasteiger partial charge in [-0.05, 0) is 49.1 Å². The number of nitrogens with one attached hydrogen (secondary N) is 1. The Bertz CT molecular complexity index is 1070. The second kappa shape index (κ2) is 7.92.